The number of methoxy groups -OCH3 is 2. The minimum atomic E-state index is -0.810. The van der Waals surface area contributed by atoms with Gasteiger partial charge in [-0.05, 0) is 69.5 Å². The number of carbonyl (C=O) groups excluding carboxylic acids is 2. The van der Waals surface area contributed by atoms with E-state index in [1.165, 1.54) is 11.1 Å². The topological polar surface area (TPSA) is 93.1 Å². The molecule has 0 heterocycles. The summed E-state index contributed by atoms with van der Waals surface area (Å²) in [4.78, 5) is 24.6. The van der Waals surface area contributed by atoms with Crippen LogP contribution in [0.1, 0.15) is 110 Å². The summed E-state index contributed by atoms with van der Waals surface area (Å²) in [5.41, 5.74) is 5.21. The first-order chi connectivity index (χ1) is 21.6. The minimum Gasteiger partial charge on any atom is -0.497 e. The third kappa shape index (κ3) is 10.4. The number of Topliss-reactive ketones (excluding diaryl/α,β-unsaturated/α-hetero) is 2. The van der Waals surface area contributed by atoms with Crippen molar-refractivity contribution in [3.8, 4) is 11.5 Å². The number of aliphatic hydroxyl groups is 2. The van der Waals surface area contributed by atoms with Crippen molar-refractivity contribution in [1.82, 2.24) is 0 Å². The van der Waals surface area contributed by atoms with Gasteiger partial charge in [-0.15, -0.1) is 0 Å². The third-order valence-corrected chi connectivity index (χ3v) is 7.90. The second kappa shape index (κ2) is 15.8. The Hall–Kier alpha value is -4.26. The molecule has 4 aromatic rings. The zero-order valence-electron chi connectivity index (χ0n) is 28.3. The zero-order chi connectivity index (χ0) is 34.1. The first-order valence-corrected chi connectivity index (χ1v) is 15.5. The number of hydrogen-bond acceptors (Lipinski definition) is 6. The van der Waals surface area contributed by atoms with Gasteiger partial charge in [-0.2, -0.15) is 0 Å². The monoisotopic (exact) mass is 624 g/mol. The lowest BCUT2D eigenvalue weighted by molar-refractivity contribution is 0.0869. The molecular formula is C40H48O6. The van der Waals surface area contributed by atoms with Crippen LogP contribution in [0.5, 0.6) is 11.5 Å². The average Bonchev–Trinajstić information content (AvgIpc) is 3.04. The van der Waals surface area contributed by atoms with Gasteiger partial charge < -0.3 is 19.7 Å². The first-order valence-electron chi connectivity index (χ1n) is 15.5. The Morgan fingerprint density at radius 3 is 1.13 bits per heavy atom. The van der Waals surface area contributed by atoms with E-state index in [-0.39, 0.29) is 35.2 Å². The predicted octanol–water partition coefficient (Wildman–Crippen LogP) is 8.60. The number of ketones is 2. The molecule has 0 spiro atoms. The summed E-state index contributed by atoms with van der Waals surface area (Å²) in [6, 6.07) is 29.5. The molecule has 0 saturated carbocycles. The van der Waals surface area contributed by atoms with Crippen molar-refractivity contribution in [1.29, 1.82) is 0 Å². The Labute approximate surface area is 274 Å². The van der Waals surface area contributed by atoms with Crippen LogP contribution in [0.25, 0.3) is 0 Å². The molecule has 4 aromatic carbocycles. The summed E-state index contributed by atoms with van der Waals surface area (Å²) in [7, 11) is 3.18. The molecule has 0 fully saturated rings. The van der Waals surface area contributed by atoms with E-state index < -0.39 is 12.2 Å². The van der Waals surface area contributed by atoms with Gasteiger partial charge in [0.25, 0.3) is 0 Å². The summed E-state index contributed by atoms with van der Waals surface area (Å²) in [6.45, 7) is 12.8. The predicted molar refractivity (Wildman–Crippen MR) is 184 cm³/mol. The normalized spacial score (nSPS) is 12.7. The van der Waals surface area contributed by atoms with Gasteiger partial charge in [-0.1, -0.05) is 102 Å². The van der Waals surface area contributed by atoms with Crippen LogP contribution >= 0.6 is 0 Å². The maximum Gasteiger partial charge on any atom is 0.165 e. The van der Waals surface area contributed by atoms with E-state index in [9.17, 15) is 19.8 Å². The Kier molecular flexibility index (Phi) is 12.5. The van der Waals surface area contributed by atoms with Gasteiger partial charge in [0, 0.05) is 24.0 Å². The molecule has 2 unspecified atom stereocenters. The van der Waals surface area contributed by atoms with Crippen LogP contribution in [0.4, 0.5) is 0 Å². The van der Waals surface area contributed by atoms with Gasteiger partial charge >= 0.3 is 0 Å². The van der Waals surface area contributed by atoms with Gasteiger partial charge in [-0.3, -0.25) is 9.59 Å². The van der Waals surface area contributed by atoms with Crippen molar-refractivity contribution in [2.45, 2.75) is 77.4 Å². The third-order valence-electron chi connectivity index (χ3n) is 7.90. The fourth-order valence-corrected chi connectivity index (χ4v) is 4.79. The molecule has 46 heavy (non-hydrogen) atoms. The molecule has 6 nitrogen and oxygen atoms in total. The number of rotatable bonds is 10. The lowest BCUT2D eigenvalue weighted by atomic mass is 9.86. The highest BCUT2D eigenvalue weighted by Gasteiger charge is 2.19. The second-order valence-electron chi connectivity index (χ2n) is 13.5. The lowest BCUT2D eigenvalue weighted by Crippen LogP contribution is -2.12. The summed E-state index contributed by atoms with van der Waals surface area (Å²) >= 11 is 0. The van der Waals surface area contributed by atoms with Crippen LogP contribution < -0.4 is 9.47 Å². The highest BCUT2D eigenvalue weighted by Crippen LogP contribution is 2.27. The standard InChI is InChI=1S/2C20H24O3/c2*1-20(2,3)16-9-5-14(6-10-16)18(21)13-19(22)15-7-11-17(23-4)12-8-15/h5-12,19,22H,13H2,1-4H3;5-12,18,21H,13H2,1-4H3. The van der Waals surface area contributed by atoms with E-state index in [1.54, 1.807) is 62.8 Å². The molecule has 0 bridgehead atoms. The quantitative estimate of drug-likeness (QED) is 0.172. The molecule has 0 saturated heterocycles. The molecule has 0 aliphatic carbocycles. The molecule has 2 N–H and O–H groups in total. The number of aliphatic hydroxyl groups excluding tert-OH is 2. The molecule has 0 aliphatic rings. The van der Waals surface area contributed by atoms with Crippen molar-refractivity contribution in [3.63, 3.8) is 0 Å². The smallest absolute Gasteiger partial charge is 0.165 e. The van der Waals surface area contributed by atoms with Crippen LogP contribution in [0.2, 0.25) is 0 Å². The Morgan fingerprint density at radius 1 is 0.522 bits per heavy atom. The summed E-state index contributed by atoms with van der Waals surface area (Å²) in [5.74, 6) is 1.29. The first kappa shape index (κ1) is 36.2. The molecule has 0 amide bonds. The van der Waals surface area contributed by atoms with Gasteiger partial charge in [0.05, 0.1) is 26.4 Å². The van der Waals surface area contributed by atoms with Crippen LogP contribution in [-0.2, 0) is 10.8 Å². The fourth-order valence-electron chi connectivity index (χ4n) is 4.79. The number of carbonyl (C=O) groups is 2. The average molecular weight is 625 g/mol. The van der Waals surface area contributed by atoms with Crippen molar-refractivity contribution in [2.24, 2.45) is 0 Å². The molecular weight excluding hydrogens is 576 g/mol. The molecule has 2 atom stereocenters. The van der Waals surface area contributed by atoms with E-state index in [0.29, 0.717) is 22.4 Å². The lowest BCUT2D eigenvalue weighted by Gasteiger charge is -2.20. The minimum absolute atomic E-state index is 0.0597. The van der Waals surface area contributed by atoms with E-state index in [1.807, 2.05) is 48.5 Å². The van der Waals surface area contributed by atoms with Crippen molar-refractivity contribution >= 4 is 11.6 Å². The van der Waals surface area contributed by atoms with Crippen molar-refractivity contribution in [2.75, 3.05) is 14.2 Å². The summed E-state index contributed by atoms with van der Waals surface area (Å²) in [5, 5.41) is 20.5. The molecule has 0 radical (unpaired) electrons. The number of benzene rings is 4. The van der Waals surface area contributed by atoms with E-state index in [0.717, 1.165) is 11.3 Å². The van der Waals surface area contributed by atoms with Gasteiger partial charge in [0.15, 0.2) is 11.6 Å². The highest BCUT2D eigenvalue weighted by molar-refractivity contribution is 5.97. The summed E-state index contributed by atoms with van der Waals surface area (Å²) < 4.78 is 10.2. The summed E-state index contributed by atoms with van der Waals surface area (Å²) in [6.07, 6.45) is -1.46. The van der Waals surface area contributed by atoms with E-state index in [4.69, 9.17) is 9.47 Å². The largest absolute Gasteiger partial charge is 0.497 e. The maximum absolute atomic E-state index is 12.3. The molecule has 4 rings (SSSR count). The molecule has 6 heteroatoms. The SMILES string of the molecule is COc1ccc(C(=O)CC(O)c2ccc(C(C)(C)C)cc2)cc1.COc1ccc(C(O)CC(=O)c2ccc(C(C)(C)C)cc2)cc1. The molecule has 0 aromatic heterocycles. The van der Waals surface area contributed by atoms with Crippen LogP contribution in [-0.4, -0.2) is 36.0 Å². The molecule has 0 aliphatic heterocycles. The Bertz CT molecular complexity index is 1540. The number of ether oxygens (including phenoxy) is 2. The van der Waals surface area contributed by atoms with Crippen LogP contribution in [0.3, 0.4) is 0 Å². The highest BCUT2D eigenvalue weighted by atomic mass is 16.5. The Balaban J connectivity index is 0.000000250. The van der Waals surface area contributed by atoms with Crippen molar-refractivity contribution < 1.29 is 29.3 Å². The van der Waals surface area contributed by atoms with Crippen molar-refractivity contribution in [3.05, 3.63) is 130 Å². The van der Waals surface area contributed by atoms with Crippen LogP contribution in [0.15, 0.2) is 97.1 Å². The van der Waals surface area contributed by atoms with Gasteiger partial charge in [-0.25, -0.2) is 0 Å². The maximum atomic E-state index is 12.3. The van der Waals surface area contributed by atoms with Gasteiger partial charge in [0.1, 0.15) is 11.5 Å². The Morgan fingerprint density at radius 2 is 0.804 bits per heavy atom. The van der Waals surface area contributed by atoms with E-state index >= 15 is 0 Å². The van der Waals surface area contributed by atoms with E-state index in [2.05, 4.69) is 41.5 Å². The number of hydrogen-bond donors (Lipinski definition) is 2. The van der Waals surface area contributed by atoms with Crippen LogP contribution in [0, 0.1) is 0 Å². The fraction of sp³-hybridized carbons (Fsp3) is 0.350. The molecule has 244 valence electrons. The zero-order valence-corrected chi connectivity index (χ0v) is 28.3. The second-order valence-corrected chi connectivity index (χ2v) is 13.5. The van der Waals surface area contributed by atoms with Gasteiger partial charge in [0.2, 0.25) is 0 Å².